The second-order valence-corrected chi connectivity index (χ2v) is 9.40. The maximum absolute atomic E-state index is 14.4. The number of pyridine rings is 2. The molecule has 3 heterocycles. The number of benzene rings is 1. The van der Waals surface area contributed by atoms with Gasteiger partial charge in [0.25, 0.3) is 5.56 Å². The molecule has 2 aliphatic rings. The van der Waals surface area contributed by atoms with Gasteiger partial charge in [0.15, 0.2) is 5.82 Å². The first-order chi connectivity index (χ1) is 16.1. The zero-order valence-corrected chi connectivity index (χ0v) is 18.8. The molecule has 2 fully saturated rings. The van der Waals surface area contributed by atoms with Crippen LogP contribution in [0.5, 0.6) is 0 Å². The summed E-state index contributed by atoms with van der Waals surface area (Å²) in [5.74, 6) is 0.251. The van der Waals surface area contributed by atoms with Crippen molar-refractivity contribution < 1.29 is 9.50 Å². The Balaban J connectivity index is 1.40. The maximum Gasteiger partial charge on any atom is 0.287 e. The van der Waals surface area contributed by atoms with Gasteiger partial charge in [0.1, 0.15) is 5.82 Å². The van der Waals surface area contributed by atoms with E-state index in [-0.39, 0.29) is 12.6 Å². The van der Waals surface area contributed by atoms with Crippen molar-refractivity contribution in [3.05, 3.63) is 58.8 Å². The predicted molar refractivity (Wildman–Crippen MR) is 130 cm³/mol. The van der Waals surface area contributed by atoms with Crippen LogP contribution in [0.4, 0.5) is 21.6 Å². The van der Waals surface area contributed by atoms with Crippen molar-refractivity contribution in [3.63, 3.8) is 0 Å². The van der Waals surface area contributed by atoms with Crippen molar-refractivity contribution >= 4 is 28.1 Å². The minimum Gasteiger partial charge on any atom is -0.396 e. The fourth-order valence-electron chi connectivity index (χ4n) is 5.32. The van der Waals surface area contributed by atoms with E-state index >= 15 is 0 Å². The van der Waals surface area contributed by atoms with E-state index in [0.717, 1.165) is 68.5 Å². The highest BCUT2D eigenvalue weighted by Gasteiger charge is 2.21. The van der Waals surface area contributed by atoms with Crippen molar-refractivity contribution in [1.29, 1.82) is 0 Å². The third-order valence-electron chi connectivity index (χ3n) is 7.10. The van der Waals surface area contributed by atoms with Gasteiger partial charge < -0.3 is 19.9 Å². The molecule has 1 atom stereocenters. The summed E-state index contributed by atoms with van der Waals surface area (Å²) < 4.78 is 16.0. The molecular formula is C26H31FN4O2. The molecule has 2 N–H and O–H groups in total. The van der Waals surface area contributed by atoms with Gasteiger partial charge in [0.2, 0.25) is 0 Å². The molecule has 1 saturated heterocycles. The summed E-state index contributed by atoms with van der Waals surface area (Å²) in [6.45, 7) is 2.12. The Labute approximate surface area is 193 Å². The van der Waals surface area contributed by atoms with E-state index in [1.54, 1.807) is 10.8 Å². The van der Waals surface area contributed by atoms with Gasteiger partial charge in [-0.25, -0.2) is 9.37 Å². The number of anilines is 3. The first-order valence-corrected chi connectivity index (χ1v) is 12.1. The van der Waals surface area contributed by atoms with Crippen molar-refractivity contribution in [1.82, 2.24) is 9.55 Å². The highest BCUT2D eigenvalue weighted by atomic mass is 19.1. The van der Waals surface area contributed by atoms with E-state index in [0.29, 0.717) is 17.1 Å². The molecule has 7 heteroatoms. The summed E-state index contributed by atoms with van der Waals surface area (Å²) in [4.78, 5) is 19.5. The summed E-state index contributed by atoms with van der Waals surface area (Å²) >= 11 is 0. The van der Waals surface area contributed by atoms with Crippen molar-refractivity contribution in [2.75, 3.05) is 29.9 Å². The van der Waals surface area contributed by atoms with E-state index in [1.807, 2.05) is 18.2 Å². The highest BCUT2D eigenvalue weighted by molar-refractivity contribution is 5.81. The minimum absolute atomic E-state index is 0.0336. The van der Waals surface area contributed by atoms with Crippen LogP contribution >= 0.6 is 0 Å². The summed E-state index contributed by atoms with van der Waals surface area (Å²) in [6, 6.07) is 11.4. The van der Waals surface area contributed by atoms with Crippen LogP contribution in [0, 0.1) is 11.7 Å². The largest absolute Gasteiger partial charge is 0.396 e. The molecule has 0 radical (unpaired) electrons. The quantitative estimate of drug-likeness (QED) is 0.573. The second kappa shape index (κ2) is 9.51. The molecule has 1 aliphatic heterocycles. The summed E-state index contributed by atoms with van der Waals surface area (Å²) in [5.41, 5.74) is 2.23. The lowest BCUT2D eigenvalue weighted by Gasteiger charge is -2.33. The molecule has 0 spiro atoms. The van der Waals surface area contributed by atoms with E-state index in [4.69, 9.17) is 0 Å². The van der Waals surface area contributed by atoms with Gasteiger partial charge in [-0.2, -0.15) is 0 Å². The lowest BCUT2D eigenvalue weighted by Crippen LogP contribution is -2.36. The molecule has 174 valence electrons. The van der Waals surface area contributed by atoms with E-state index in [9.17, 15) is 14.3 Å². The number of fused-ring (bicyclic) bond motifs is 1. The molecule has 2 aromatic heterocycles. The number of piperidine rings is 1. The van der Waals surface area contributed by atoms with Crippen LogP contribution < -0.4 is 15.8 Å². The number of rotatable bonds is 5. The smallest absolute Gasteiger partial charge is 0.287 e. The lowest BCUT2D eigenvalue weighted by molar-refractivity contribution is 0.209. The van der Waals surface area contributed by atoms with Crippen molar-refractivity contribution in [2.45, 2.75) is 51.0 Å². The number of aromatic nitrogens is 2. The lowest BCUT2D eigenvalue weighted by atomic mass is 9.95. The van der Waals surface area contributed by atoms with Gasteiger partial charge in [-0.1, -0.05) is 19.3 Å². The highest BCUT2D eigenvalue weighted by Crippen LogP contribution is 2.31. The Morgan fingerprint density at radius 3 is 2.61 bits per heavy atom. The number of aliphatic hydroxyl groups is 1. The third kappa shape index (κ3) is 4.60. The van der Waals surface area contributed by atoms with Crippen LogP contribution in [-0.4, -0.2) is 34.4 Å². The number of nitrogens with one attached hydrogen (secondary N) is 1. The number of nitrogens with zero attached hydrogens (tertiary/aromatic N) is 3. The summed E-state index contributed by atoms with van der Waals surface area (Å²) in [7, 11) is 0. The Morgan fingerprint density at radius 1 is 1.06 bits per heavy atom. The van der Waals surface area contributed by atoms with E-state index in [2.05, 4.69) is 27.3 Å². The van der Waals surface area contributed by atoms with Gasteiger partial charge in [-0.3, -0.25) is 4.79 Å². The maximum atomic E-state index is 14.4. The number of hydrogen-bond acceptors (Lipinski definition) is 5. The second-order valence-electron chi connectivity index (χ2n) is 9.40. The Kier molecular flexibility index (Phi) is 6.31. The molecule has 1 aliphatic carbocycles. The number of aliphatic hydroxyl groups excluding tert-OH is 1. The van der Waals surface area contributed by atoms with Crippen LogP contribution in [0.3, 0.4) is 0 Å². The number of halogens is 1. The minimum atomic E-state index is -0.715. The van der Waals surface area contributed by atoms with Crippen LogP contribution in [0.15, 0.2) is 47.4 Å². The zero-order valence-electron chi connectivity index (χ0n) is 18.8. The van der Waals surface area contributed by atoms with Gasteiger partial charge in [-0.05, 0) is 61.9 Å². The van der Waals surface area contributed by atoms with Gasteiger partial charge in [0.05, 0.1) is 5.52 Å². The molecule has 1 unspecified atom stereocenters. The Morgan fingerprint density at radius 2 is 1.85 bits per heavy atom. The molecule has 5 rings (SSSR count). The molecule has 6 nitrogen and oxygen atoms in total. The van der Waals surface area contributed by atoms with E-state index < -0.39 is 11.4 Å². The Bertz CT molecular complexity index is 1170. The molecule has 33 heavy (non-hydrogen) atoms. The predicted octanol–water partition coefficient (Wildman–Crippen LogP) is 4.99. The van der Waals surface area contributed by atoms with Crippen LogP contribution in [0.1, 0.15) is 51.0 Å². The van der Waals surface area contributed by atoms with Crippen LogP contribution in [-0.2, 0) is 0 Å². The van der Waals surface area contributed by atoms with Crippen molar-refractivity contribution in [2.24, 2.45) is 5.92 Å². The fourth-order valence-corrected chi connectivity index (χ4v) is 5.32. The molecule has 1 aromatic carbocycles. The summed E-state index contributed by atoms with van der Waals surface area (Å²) in [6.07, 6.45) is 8.90. The average Bonchev–Trinajstić information content (AvgIpc) is 2.86. The van der Waals surface area contributed by atoms with E-state index in [1.165, 1.54) is 12.5 Å². The molecule has 3 aromatic rings. The SMILES string of the molecule is O=c1c(F)cc2cnc(Nc3ccc(N4CCCC(CO)C4)cc3)cc2n1C1CCCCC1. The summed E-state index contributed by atoms with van der Waals surface area (Å²) in [5, 5.41) is 13.5. The van der Waals surface area contributed by atoms with Crippen LogP contribution in [0.2, 0.25) is 0 Å². The monoisotopic (exact) mass is 450 g/mol. The topological polar surface area (TPSA) is 70.4 Å². The zero-order chi connectivity index (χ0) is 22.8. The standard InChI is InChI=1S/C26H31FN4O2/c27-23-13-19-15-28-25(14-24(19)31(26(23)33)22-6-2-1-3-7-22)29-20-8-10-21(11-9-20)30-12-4-5-18(16-30)17-32/h8-11,13-15,18,22,32H,1-7,12,16-17H2,(H,28,29). The van der Waals surface area contributed by atoms with Gasteiger partial charge in [-0.15, -0.1) is 0 Å². The van der Waals surface area contributed by atoms with Crippen LogP contribution in [0.25, 0.3) is 10.9 Å². The fraction of sp³-hybridized carbons (Fsp3) is 0.462. The molecule has 0 bridgehead atoms. The third-order valence-corrected chi connectivity index (χ3v) is 7.10. The first-order valence-electron chi connectivity index (χ1n) is 12.1. The first kappa shape index (κ1) is 21.9. The Hall–Kier alpha value is -2.93. The molecule has 1 saturated carbocycles. The van der Waals surface area contributed by atoms with Crippen molar-refractivity contribution in [3.8, 4) is 0 Å². The average molecular weight is 451 g/mol. The van der Waals surface area contributed by atoms with Gasteiger partial charge in [0, 0.05) is 54.8 Å². The number of hydrogen-bond donors (Lipinski definition) is 2. The molecular weight excluding hydrogens is 419 g/mol. The normalized spacial score (nSPS) is 19.7. The van der Waals surface area contributed by atoms with Gasteiger partial charge >= 0.3 is 0 Å². The molecule has 0 amide bonds.